The molecule has 1 rings (SSSR count). The van der Waals surface area contributed by atoms with E-state index < -0.39 is 0 Å². The van der Waals surface area contributed by atoms with Crippen molar-refractivity contribution < 1.29 is 4.79 Å². The minimum absolute atomic E-state index is 0.0938. The quantitative estimate of drug-likeness (QED) is 0.619. The van der Waals surface area contributed by atoms with Gasteiger partial charge in [-0.2, -0.15) is 0 Å². The SMILES string of the molecule is CN(C)Cc1ccc(NC(=O)CCCCBr)cc1. The zero-order chi connectivity index (χ0) is 13.4. The number of amides is 1. The summed E-state index contributed by atoms with van der Waals surface area (Å²) in [6, 6.07) is 8.02. The third-order valence-electron chi connectivity index (χ3n) is 2.52. The van der Waals surface area contributed by atoms with Gasteiger partial charge in [0, 0.05) is 24.0 Å². The van der Waals surface area contributed by atoms with Gasteiger partial charge in [0.2, 0.25) is 5.91 Å². The van der Waals surface area contributed by atoms with Crippen LogP contribution in [0.25, 0.3) is 0 Å². The molecule has 18 heavy (non-hydrogen) atoms. The second kappa shape index (κ2) is 8.27. The summed E-state index contributed by atoms with van der Waals surface area (Å²) in [6.45, 7) is 0.916. The van der Waals surface area contributed by atoms with E-state index in [1.807, 2.05) is 38.4 Å². The van der Waals surface area contributed by atoms with Crippen molar-refractivity contribution in [3.63, 3.8) is 0 Å². The molecule has 0 saturated heterocycles. The minimum atomic E-state index is 0.0938. The first-order valence-electron chi connectivity index (χ1n) is 6.21. The van der Waals surface area contributed by atoms with Gasteiger partial charge in [-0.15, -0.1) is 0 Å². The Morgan fingerprint density at radius 1 is 1.22 bits per heavy atom. The van der Waals surface area contributed by atoms with E-state index >= 15 is 0 Å². The highest BCUT2D eigenvalue weighted by atomic mass is 79.9. The van der Waals surface area contributed by atoms with Crippen LogP contribution in [0.1, 0.15) is 24.8 Å². The van der Waals surface area contributed by atoms with Crippen LogP contribution in [0.3, 0.4) is 0 Å². The predicted molar refractivity (Wildman–Crippen MR) is 80.1 cm³/mol. The van der Waals surface area contributed by atoms with Crippen molar-refractivity contribution in [2.75, 3.05) is 24.7 Å². The second-order valence-electron chi connectivity index (χ2n) is 4.63. The molecular formula is C14H21BrN2O. The summed E-state index contributed by atoms with van der Waals surface area (Å²) < 4.78 is 0. The van der Waals surface area contributed by atoms with Crippen LogP contribution in [0.4, 0.5) is 5.69 Å². The number of anilines is 1. The molecule has 1 N–H and O–H groups in total. The number of alkyl halides is 1. The van der Waals surface area contributed by atoms with Gasteiger partial charge >= 0.3 is 0 Å². The summed E-state index contributed by atoms with van der Waals surface area (Å²) >= 11 is 3.36. The first kappa shape index (κ1) is 15.2. The lowest BCUT2D eigenvalue weighted by Gasteiger charge is -2.10. The van der Waals surface area contributed by atoms with Crippen molar-refractivity contribution >= 4 is 27.5 Å². The number of hydrogen-bond donors (Lipinski definition) is 1. The summed E-state index contributed by atoms with van der Waals surface area (Å²) in [7, 11) is 4.08. The highest BCUT2D eigenvalue weighted by molar-refractivity contribution is 9.09. The minimum Gasteiger partial charge on any atom is -0.326 e. The Labute approximate surface area is 118 Å². The molecule has 0 atom stereocenters. The molecule has 0 bridgehead atoms. The van der Waals surface area contributed by atoms with Crippen molar-refractivity contribution in [3.05, 3.63) is 29.8 Å². The number of halogens is 1. The Kier molecular flexibility index (Phi) is 6.98. The van der Waals surface area contributed by atoms with Gasteiger partial charge in [-0.1, -0.05) is 28.1 Å². The highest BCUT2D eigenvalue weighted by Gasteiger charge is 2.02. The van der Waals surface area contributed by atoms with Crippen LogP contribution in [0.5, 0.6) is 0 Å². The van der Waals surface area contributed by atoms with Gasteiger partial charge in [0.1, 0.15) is 0 Å². The van der Waals surface area contributed by atoms with Crippen LogP contribution in [0, 0.1) is 0 Å². The van der Waals surface area contributed by atoms with E-state index in [0.717, 1.165) is 30.4 Å². The monoisotopic (exact) mass is 312 g/mol. The maximum absolute atomic E-state index is 11.6. The van der Waals surface area contributed by atoms with E-state index in [4.69, 9.17) is 0 Å². The van der Waals surface area contributed by atoms with E-state index in [1.165, 1.54) is 5.56 Å². The number of unbranched alkanes of at least 4 members (excludes halogenated alkanes) is 1. The van der Waals surface area contributed by atoms with Gasteiger partial charge in [-0.3, -0.25) is 4.79 Å². The van der Waals surface area contributed by atoms with E-state index in [-0.39, 0.29) is 5.91 Å². The van der Waals surface area contributed by atoms with E-state index in [9.17, 15) is 4.79 Å². The molecule has 0 radical (unpaired) electrons. The average Bonchev–Trinajstić information content (AvgIpc) is 2.31. The lowest BCUT2D eigenvalue weighted by molar-refractivity contribution is -0.116. The van der Waals surface area contributed by atoms with Gasteiger partial charge < -0.3 is 10.2 Å². The van der Waals surface area contributed by atoms with Crippen LogP contribution >= 0.6 is 15.9 Å². The summed E-state index contributed by atoms with van der Waals surface area (Å²) in [5.74, 6) is 0.0938. The fourth-order valence-electron chi connectivity index (χ4n) is 1.66. The van der Waals surface area contributed by atoms with Gasteiger partial charge in [0.25, 0.3) is 0 Å². The number of carbonyl (C=O) groups is 1. The van der Waals surface area contributed by atoms with Crippen LogP contribution in [0.15, 0.2) is 24.3 Å². The first-order valence-corrected chi connectivity index (χ1v) is 7.33. The number of benzene rings is 1. The third-order valence-corrected chi connectivity index (χ3v) is 3.08. The van der Waals surface area contributed by atoms with Crippen LogP contribution in [0.2, 0.25) is 0 Å². The number of hydrogen-bond acceptors (Lipinski definition) is 2. The van der Waals surface area contributed by atoms with Crippen molar-refractivity contribution in [3.8, 4) is 0 Å². The summed E-state index contributed by atoms with van der Waals surface area (Å²) in [5.41, 5.74) is 2.12. The van der Waals surface area contributed by atoms with E-state index in [1.54, 1.807) is 0 Å². The van der Waals surface area contributed by atoms with Gasteiger partial charge in [-0.25, -0.2) is 0 Å². The first-order chi connectivity index (χ1) is 8.61. The van der Waals surface area contributed by atoms with E-state index in [2.05, 4.69) is 26.1 Å². The molecular weight excluding hydrogens is 292 g/mol. The molecule has 0 fully saturated rings. The van der Waals surface area contributed by atoms with Crippen LogP contribution in [-0.4, -0.2) is 30.2 Å². The normalized spacial score (nSPS) is 10.7. The Morgan fingerprint density at radius 3 is 2.44 bits per heavy atom. The van der Waals surface area contributed by atoms with Gasteiger partial charge in [0.05, 0.1) is 0 Å². The van der Waals surface area contributed by atoms with Gasteiger partial charge in [-0.05, 0) is 44.6 Å². The molecule has 1 aromatic carbocycles. The Hall–Kier alpha value is -0.870. The van der Waals surface area contributed by atoms with Crippen molar-refractivity contribution in [2.24, 2.45) is 0 Å². The fraction of sp³-hybridized carbons (Fsp3) is 0.500. The zero-order valence-electron chi connectivity index (χ0n) is 11.1. The summed E-state index contributed by atoms with van der Waals surface area (Å²) in [6.07, 6.45) is 2.55. The summed E-state index contributed by atoms with van der Waals surface area (Å²) in [5, 5.41) is 3.87. The number of nitrogens with zero attached hydrogens (tertiary/aromatic N) is 1. The molecule has 100 valence electrons. The molecule has 0 aliphatic rings. The highest BCUT2D eigenvalue weighted by Crippen LogP contribution is 2.11. The average molecular weight is 313 g/mol. The molecule has 0 heterocycles. The number of carbonyl (C=O) groups excluding carboxylic acids is 1. The van der Waals surface area contributed by atoms with Crippen molar-refractivity contribution in [1.82, 2.24) is 4.90 Å². The molecule has 3 nitrogen and oxygen atoms in total. The maximum Gasteiger partial charge on any atom is 0.224 e. The lowest BCUT2D eigenvalue weighted by Crippen LogP contribution is -2.12. The second-order valence-corrected chi connectivity index (χ2v) is 5.42. The van der Waals surface area contributed by atoms with Crippen molar-refractivity contribution in [1.29, 1.82) is 0 Å². The van der Waals surface area contributed by atoms with Crippen molar-refractivity contribution in [2.45, 2.75) is 25.8 Å². The van der Waals surface area contributed by atoms with Crippen LogP contribution < -0.4 is 5.32 Å². The Morgan fingerprint density at radius 2 is 1.89 bits per heavy atom. The van der Waals surface area contributed by atoms with E-state index in [0.29, 0.717) is 6.42 Å². The molecule has 1 amide bonds. The van der Waals surface area contributed by atoms with Gasteiger partial charge in [0.15, 0.2) is 0 Å². The molecule has 0 aliphatic carbocycles. The van der Waals surface area contributed by atoms with Crippen LogP contribution in [-0.2, 0) is 11.3 Å². The molecule has 0 spiro atoms. The molecule has 0 unspecified atom stereocenters. The standard InChI is InChI=1S/C14H21BrN2O/c1-17(2)11-12-6-8-13(9-7-12)16-14(18)5-3-4-10-15/h6-9H,3-5,10-11H2,1-2H3,(H,16,18). The lowest BCUT2D eigenvalue weighted by atomic mass is 10.2. The number of rotatable bonds is 7. The number of nitrogens with one attached hydrogen (secondary N) is 1. The topological polar surface area (TPSA) is 32.3 Å². The molecule has 0 aromatic heterocycles. The molecule has 0 aliphatic heterocycles. The Bertz CT molecular complexity index is 363. The largest absolute Gasteiger partial charge is 0.326 e. The Balaban J connectivity index is 2.40. The maximum atomic E-state index is 11.6. The molecule has 0 saturated carbocycles. The predicted octanol–water partition coefficient (Wildman–Crippen LogP) is 3.25. The summed E-state index contributed by atoms with van der Waals surface area (Å²) in [4.78, 5) is 13.7. The third kappa shape index (κ3) is 6.17. The fourth-order valence-corrected chi connectivity index (χ4v) is 2.06. The molecule has 4 heteroatoms. The molecule has 1 aromatic rings. The smallest absolute Gasteiger partial charge is 0.224 e. The zero-order valence-corrected chi connectivity index (χ0v) is 12.7.